The maximum Gasteiger partial charge on any atom is 0.337 e. The number of aliphatic hydroxyl groups is 2. The molecule has 5 heteroatoms. The van der Waals surface area contributed by atoms with Crippen LogP contribution >= 0.6 is 0 Å². The number of hydrogen-bond donors (Lipinski definition) is 2. The maximum absolute atomic E-state index is 11.9. The second kappa shape index (κ2) is 8.61. The van der Waals surface area contributed by atoms with Crippen molar-refractivity contribution in [3.05, 3.63) is 46.7 Å². The van der Waals surface area contributed by atoms with Gasteiger partial charge in [0.1, 0.15) is 11.4 Å². The molecule has 0 aromatic heterocycles. The third-order valence-electron chi connectivity index (χ3n) is 5.66. The Kier molecular flexibility index (Phi) is 6.36. The average Bonchev–Trinajstić information content (AvgIpc) is 3.20. The smallest absolute Gasteiger partial charge is 0.337 e. The number of aryl methyl sites for hydroxylation is 1. The summed E-state index contributed by atoms with van der Waals surface area (Å²) in [5, 5.41) is 21.0. The van der Waals surface area contributed by atoms with Gasteiger partial charge in [-0.15, -0.1) is 0 Å². The fraction of sp³-hybridized carbons (Fsp3) is 0.542. The Labute approximate surface area is 172 Å². The zero-order valence-corrected chi connectivity index (χ0v) is 17.5. The van der Waals surface area contributed by atoms with Gasteiger partial charge in [0.2, 0.25) is 5.79 Å². The molecule has 2 N–H and O–H groups in total. The van der Waals surface area contributed by atoms with Crippen LogP contribution in [0.4, 0.5) is 0 Å². The van der Waals surface area contributed by atoms with Gasteiger partial charge >= 0.3 is 5.97 Å². The van der Waals surface area contributed by atoms with E-state index in [1.165, 1.54) is 6.08 Å². The van der Waals surface area contributed by atoms with Crippen molar-refractivity contribution < 1.29 is 24.5 Å². The molecule has 156 valence electrons. The largest absolute Gasteiger partial charge is 0.457 e. The Morgan fingerprint density at radius 2 is 1.93 bits per heavy atom. The third-order valence-corrected chi connectivity index (χ3v) is 5.66. The number of carbonyl (C=O) groups is 1. The molecule has 1 unspecified atom stereocenters. The Morgan fingerprint density at radius 1 is 1.21 bits per heavy atom. The van der Waals surface area contributed by atoms with E-state index in [2.05, 4.69) is 11.8 Å². The fourth-order valence-electron chi connectivity index (χ4n) is 4.18. The lowest BCUT2D eigenvalue weighted by atomic mass is 9.82. The van der Waals surface area contributed by atoms with Crippen LogP contribution in [0, 0.1) is 17.8 Å². The zero-order valence-electron chi connectivity index (χ0n) is 17.5. The SMILES string of the molecule is CCc1cc(C#CC(O)(CC2=CC(=O)OC(C)(C)O2)C2CCCC2)ccc1CO. The van der Waals surface area contributed by atoms with Crippen LogP contribution in [0.3, 0.4) is 0 Å². The molecule has 29 heavy (non-hydrogen) atoms. The van der Waals surface area contributed by atoms with Gasteiger partial charge in [0.15, 0.2) is 0 Å². The van der Waals surface area contributed by atoms with Crippen molar-refractivity contribution in [2.75, 3.05) is 0 Å². The van der Waals surface area contributed by atoms with Gasteiger partial charge in [-0.1, -0.05) is 37.7 Å². The molecule has 0 saturated heterocycles. The molecule has 1 heterocycles. The molecular weight excluding hydrogens is 368 g/mol. The molecule has 5 nitrogen and oxygen atoms in total. The van der Waals surface area contributed by atoms with Gasteiger partial charge in [-0.05, 0) is 48.4 Å². The number of carbonyl (C=O) groups excluding carboxylic acids is 1. The summed E-state index contributed by atoms with van der Waals surface area (Å²) in [5.41, 5.74) is 1.46. The summed E-state index contributed by atoms with van der Waals surface area (Å²) in [6, 6.07) is 5.71. The quantitative estimate of drug-likeness (QED) is 0.585. The number of esters is 1. The van der Waals surface area contributed by atoms with Gasteiger partial charge in [0, 0.05) is 25.8 Å². The minimum Gasteiger partial charge on any atom is -0.457 e. The van der Waals surface area contributed by atoms with E-state index >= 15 is 0 Å². The van der Waals surface area contributed by atoms with Gasteiger partial charge in [0.05, 0.1) is 12.7 Å². The highest BCUT2D eigenvalue weighted by molar-refractivity contribution is 5.83. The minimum atomic E-state index is -1.28. The molecule has 0 spiro atoms. The van der Waals surface area contributed by atoms with Gasteiger partial charge in [-0.2, -0.15) is 0 Å². The van der Waals surface area contributed by atoms with E-state index in [4.69, 9.17) is 9.47 Å². The zero-order chi connectivity index (χ0) is 21.1. The minimum absolute atomic E-state index is 0.000270. The summed E-state index contributed by atoms with van der Waals surface area (Å²) < 4.78 is 10.9. The normalized spacial score (nSPS) is 20.7. The first-order chi connectivity index (χ1) is 13.7. The molecule has 3 rings (SSSR count). The van der Waals surface area contributed by atoms with Gasteiger partial charge in [0.25, 0.3) is 0 Å². The Hall–Kier alpha value is -2.29. The number of ether oxygens (including phenoxy) is 2. The van der Waals surface area contributed by atoms with E-state index in [0.29, 0.717) is 5.76 Å². The standard InChI is InChI=1S/C24H30O5/c1-4-18-13-17(9-10-19(18)16-25)11-12-24(27,20-7-5-6-8-20)15-21-14-22(26)29-23(2,3)28-21/h9-10,13-14,20,25,27H,4-8,15-16H2,1-3H3. The number of rotatable bonds is 5. The Bertz CT molecular complexity index is 852. The van der Waals surface area contributed by atoms with Crippen molar-refractivity contribution in [3.8, 4) is 11.8 Å². The van der Waals surface area contributed by atoms with Crippen LogP contribution in [0.2, 0.25) is 0 Å². The first-order valence-corrected chi connectivity index (χ1v) is 10.4. The maximum atomic E-state index is 11.9. The van der Waals surface area contributed by atoms with Crippen molar-refractivity contribution in [1.29, 1.82) is 0 Å². The summed E-state index contributed by atoms with van der Waals surface area (Å²) in [7, 11) is 0. The van der Waals surface area contributed by atoms with Crippen molar-refractivity contribution in [1.82, 2.24) is 0 Å². The van der Waals surface area contributed by atoms with Crippen molar-refractivity contribution in [2.45, 2.75) is 77.3 Å². The number of cyclic esters (lactones) is 1. The second-order valence-electron chi connectivity index (χ2n) is 8.36. The first kappa shape index (κ1) is 21.4. The third kappa shape index (κ3) is 5.20. The highest BCUT2D eigenvalue weighted by atomic mass is 16.7. The van der Waals surface area contributed by atoms with E-state index in [0.717, 1.165) is 48.8 Å². The molecule has 1 aliphatic carbocycles. The van der Waals surface area contributed by atoms with Crippen LogP contribution in [0.15, 0.2) is 30.0 Å². The highest BCUT2D eigenvalue weighted by Crippen LogP contribution is 2.39. The van der Waals surface area contributed by atoms with Gasteiger partial charge in [-0.3, -0.25) is 0 Å². The molecule has 0 amide bonds. The molecule has 1 aromatic rings. The lowest BCUT2D eigenvalue weighted by Gasteiger charge is -2.35. The molecule has 1 saturated carbocycles. The monoisotopic (exact) mass is 398 g/mol. The number of aliphatic hydroxyl groups excluding tert-OH is 1. The molecule has 0 bridgehead atoms. The molecule has 1 atom stereocenters. The number of benzene rings is 1. The van der Waals surface area contributed by atoms with Gasteiger partial charge in [-0.25, -0.2) is 4.79 Å². The van der Waals surface area contributed by atoms with Crippen LogP contribution in [-0.2, 0) is 27.3 Å². The topological polar surface area (TPSA) is 76.0 Å². The molecular formula is C24H30O5. The first-order valence-electron chi connectivity index (χ1n) is 10.4. The lowest BCUT2D eigenvalue weighted by Crippen LogP contribution is -2.40. The van der Waals surface area contributed by atoms with E-state index < -0.39 is 17.4 Å². The van der Waals surface area contributed by atoms with Crippen LogP contribution in [0.25, 0.3) is 0 Å². The summed E-state index contributed by atoms with van der Waals surface area (Å²) in [5.74, 6) is 5.14. The summed E-state index contributed by atoms with van der Waals surface area (Å²) in [6.07, 6.45) is 6.18. The summed E-state index contributed by atoms with van der Waals surface area (Å²) >= 11 is 0. The van der Waals surface area contributed by atoms with E-state index in [-0.39, 0.29) is 18.9 Å². The molecule has 2 aliphatic rings. The van der Waals surface area contributed by atoms with Crippen molar-refractivity contribution >= 4 is 5.97 Å². The Morgan fingerprint density at radius 3 is 2.55 bits per heavy atom. The molecule has 1 aliphatic heterocycles. The predicted molar refractivity (Wildman–Crippen MR) is 109 cm³/mol. The lowest BCUT2D eigenvalue weighted by molar-refractivity contribution is -0.207. The van der Waals surface area contributed by atoms with E-state index in [9.17, 15) is 15.0 Å². The van der Waals surface area contributed by atoms with Crippen LogP contribution in [0.5, 0.6) is 0 Å². The fourth-order valence-corrected chi connectivity index (χ4v) is 4.18. The molecule has 1 fully saturated rings. The molecule has 1 aromatic carbocycles. The highest BCUT2D eigenvalue weighted by Gasteiger charge is 2.41. The molecule has 0 radical (unpaired) electrons. The predicted octanol–water partition coefficient (Wildman–Crippen LogP) is 3.60. The van der Waals surface area contributed by atoms with E-state index in [1.807, 2.05) is 25.1 Å². The Balaban J connectivity index is 1.90. The van der Waals surface area contributed by atoms with Crippen LogP contribution < -0.4 is 0 Å². The second-order valence-corrected chi connectivity index (χ2v) is 8.36. The van der Waals surface area contributed by atoms with E-state index in [1.54, 1.807) is 13.8 Å². The number of hydrogen-bond acceptors (Lipinski definition) is 5. The summed E-state index contributed by atoms with van der Waals surface area (Å²) in [4.78, 5) is 11.9. The summed E-state index contributed by atoms with van der Waals surface area (Å²) in [6.45, 7) is 5.38. The van der Waals surface area contributed by atoms with Crippen LogP contribution in [-0.4, -0.2) is 27.6 Å². The van der Waals surface area contributed by atoms with Crippen LogP contribution in [0.1, 0.15) is 69.6 Å². The van der Waals surface area contributed by atoms with Crippen molar-refractivity contribution in [2.24, 2.45) is 5.92 Å². The van der Waals surface area contributed by atoms with Crippen molar-refractivity contribution in [3.63, 3.8) is 0 Å². The van der Waals surface area contributed by atoms with Gasteiger partial charge < -0.3 is 19.7 Å². The average molecular weight is 398 g/mol.